The maximum Gasteiger partial charge on any atom is 0.319 e. The molecule has 8 heteroatoms. The van der Waals surface area contributed by atoms with E-state index in [1.54, 1.807) is 36.3 Å². The Morgan fingerprint density at radius 3 is 2.41 bits per heavy atom. The fourth-order valence-electron chi connectivity index (χ4n) is 2.94. The van der Waals surface area contributed by atoms with E-state index in [1.165, 1.54) is 0 Å². The largest absolute Gasteiger partial charge is 0.497 e. The average molecular weight is 396 g/mol. The normalized spacial score (nSPS) is 13.4. The van der Waals surface area contributed by atoms with Crippen LogP contribution < -0.4 is 20.7 Å². The van der Waals surface area contributed by atoms with Gasteiger partial charge in [-0.2, -0.15) is 0 Å². The molecule has 3 rings (SSSR count). The van der Waals surface area contributed by atoms with E-state index in [4.69, 9.17) is 4.74 Å². The maximum atomic E-state index is 12.3. The third-order valence-corrected chi connectivity index (χ3v) is 4.57. The molecule has 1 aliphatic rings. The summed E-state index contributed by atoms with van der Waals surface area (Å²) >= 11 is 0. The number of rotatable bonds is 6. The third-order valence-electron chi connectivity index (χ3n) is 4.57. The van der Waals surface area contributed by atoms with Crippen molar-refractivity contribution >= 4 is 23.5 Å². The van der Waals surface area contributed by atoms with Gasteiger partial charge in [0.2, 0.25) is 11.8 Å². The lowest BCUT2D eigenvalue weighted by Crippen LogP contribution is -2.50. The van der Waals surface area contributed by atoms with Crippen molar-refractivity contribution in [2.75, 3.05) is 32.1 Å². The lowest BCUT2D eigenvalue weighted by atomic mass is 10.1. The molecular formula is C21H24N4O4. The summed E-state index contributed by atoms with van der Waals surface area (Å²) in [6, 6.07) is 14.2. The molecule has 1 saturated heterocycles. The number of carbonyl (C=O) groups is 3. The van der Waals surface area contributed by atoms with Gasteiger partial charge < -0.3 is 25.6 Å². The van der Waals surface area contributed by atoms with Gasteiger partial charge in [-0.3, -0.25) is 9.59 Å². The molecule has 2 aromatic carbocycles. The van der Waals surface area contributed by atoms with Crippen molar-refractivity contribution in [3.05, 3.63) is 59.7 Å². The molecule has 0 radical (unpaired) electrons. The summed E-state index contributed by atoms with van der Waals surface area (Å²) in [7, 11) is 1.61. The van der Waals surface area contributed by atoms with Crippen LogP contribution in [0.25, 0.3) is 0 Å². The Morgan fingerprint density at radius 2 is 1.76 bits per heavy atom. The molecule has 0 unspecified atom stereocenters. The van der Waals surface area contributed by atoms with Crippen LogP contribution in [0.5, 0.6) is 5.75 Å². The first-order valence-electron chi connectivity index (χ1n) is 9.34. The molecule has 1 heterocycles. The Balaban J connectivity index is 1.46. The van der Waals surface area contributed by atoms with E-state index < -0.39 is 0 Å². The molecule has 152 valence electrons. The Kier molecular flexibility index (Phi) is 6.67. The van der Waals surface area contributed by atoms with Crippen molar-refractivity contribution in [2.45, 2.75) is 13.0 Å². The molecule has 0 bridgehead atoms. The lowest BCUT2D eigenvalue weighted by Gasteiger charge is -2.26. The third kappa shape index (κ3) is 5.97. The summed E-state index contributed by atoms with van der Waals surface area (Å²) in [6.07, 6.45) is 0.219. The van der Waals surface area contributed by atoms with E-state index in [1.807, 2.05) is 24.3 Å². The number of nitrogens with zero attached hydrogens (tertiary/aromatic N) is 1. The number of carbonyl (C=O) groups excluding carboxylic acids is 3. The molecule has 0 aromatic heterocycles. The van der Waals surface area contributed by atoms with Crippen molar-refractivity contribution in [3.8, 4) is 5.75 Å². The standard InChI is InChI=1S/C21H24N4O4/c1-29-18-8-4-16(5-9-18)13-23-21(28)24-17-6-2-15(3-7-17)12-20(27)25-11-10-22-19(26)14-25/h2-9H,10-14H2,1H3,(H,22,26)(H2,23,24,28). The van der Waals surface area contributed by atoms with Crippen LogP contribution in [0.2, 0.25) is 0 Å². The van der Waals surface area contributed by atoms with Gasteiger partial charge in [0.15, 0.2) is 0 Å². The van der Waals surface area contributed by atoms with E-state index >= 15 is 0 Å². The van der Waals surface area contributed by atoms with Gasteiger partial charge in [-0.25, -0.2) is 4.79 Å². The smallest absolute Gasteiger partial charge is 0.319 e. The monoisotopic (exact) mass is 396 g/mol. The molecule has 3 N–H and O–H groups in total. The number of nitrogens with one attached hydrogen (secondary N) is 3. The fraction of sp³-hybridized carbons (Fsp3) is 0.286. The second kappa shape index (κ2) is 9.59. The van der Waals surface area contributed by atoms with Crippen LogP contribution in [0.1, 0.15) is 11.1 Å². The number of amides is 4. The molecule has 0 atom stereocenters. The zero-order chi connectivity index (χ0) is 20.6. The topological polar surface area (TPSA) is 99.8 Å². The van der Waals surface area contributed by atoms with Gasteiger partial charge in [-0.15, -0.1) is 0 Å². The van der Waals surface area contributed by atoms with Gasteiger partial charge in [0.1, 0.15) is 5.75 Å². The van der Waals surface area contributed by atoms with E-state index in [0.717, 1.165) is 16.9 Å². The van der Waals surface area contributed by atoms with Crippen LogP contribution in [0.4, 0.5) is 10.5 Å². The molecule has 1 fully saturated rings. The Hall–Kier alpha value is -3.55. The molecule has 0 aliphatic carbocycles. The van der Waals surface area contributed by atoms with Crippen LogP contribution in [-0.4, -0.2) is 49.5 Å². The highest BCUT2D eigenvalue weighted by Crippen LogP contribution is 2.13. The number of urea groups is 1. The molecule has 8 nitrogen and oxygen atoms in total. The number of methoxy groups -OCH3 is 1. The van der Waals surface area contributed by atoms with Crippen molar-refractivity contribution in [3.63, 3.8) is 0 Å². The van der Waals surface area contributed by atoms with E-state index in [2.05, 4.69) is 16.0 Å². The molecule has 2 aromatic rings. The Labute approximate surface area is 169 Å². The first-order chi connectivity index (χ1) is 14.0. The van der Waals surface area contributed by atoms with Crippen LogP contribution in [0.3, 0.4) is 0 Å². The Bertz CT molecular complexity index is 865. The average Bonchev–Trinajstić information content (AvgIpc) is 2.74. The molecule has 0 spiro atoms. The van der Waals surface area contributed by atoms with Gasteiger partial charge in [-0.05, 0) is 35.4 Å². The van der Waals surface area contributed by atoms with Crippen molar-refractivity contribution < 1.29 is 19.1 Å². The first kappa shape index (κ1) is 20.2. The van der Waals surface area contributed by atoms with E-state index in [-0.39, 0.29) is 30.8 Å². The lowest BCUT2D eigenvalue weighted by molar-refractivity contribution is -0.137. The fourth-order valence-corrected chi connectivity index (χ4v) is 2.94. The van der Waals surface area contributed by atoms with Gasteiger partial charge >= 0.3 is 6.03 Å². The summed E-state index contributed by atoms with van der Waals surface area (Å²) in [5.41, 5.74) is 2.41. The minimum absolute atomic E-state index is 0.0854. The van der Waals surface area contributed by atoms with Crippen LogP contribution in [0, 0.1) is 0 Å². The number of piperazine rings is 1. The highest BCUT2D eigenvalue weighted by molar-refractivity contribution is 5.89. The minimum Gasteiger partial charge on any atom is -0.497 e. The number of hydrogen-bond acceptors (Lipinski definition) is 4. The predicted octanol–water partition coefficient (Wildman–Crippen LogP) is 1.52. The summed E-state index contributed by atoms with van der Waals surface area (Å²) in [4.78, 5) is 37.3. The molecule has 1 aliphatic heterocycles. The SMILES string of the molecule is COc1ccc(CNC(=O)Nc2ccc(CC(=O)N3CCNC(=O)C3)cc2)cc1. The summed E-state index contributed by atoms with van der Waals surface area (Å²) in [6.45, 7) is 1.51. The summed E-state index contributed by atoms with van der Waals surface area (Å²) < 4.78 is 5.11. The van der Waals surface area contributed by atoms with Crippen LogP contribution in [-0.2, 0) is 22.6 Å². The zero-order valence-corrected chi connectivity index (χ0v) is 16.2. The van der Waals surface area contributed by atoms with Crippen LogP contribution in [0.15, 0.2) is 48.5 Å². The quantitative estimate of drug-likeness (QED) is 0.689. The van der Waals surface area contributed by atoms with Crippen molar-refractivity contribution in [1.29, 1.82) is 0 Å². The molecule has 29 heavy (non-hydrogen) atoms. The molecule has 4 amide bonds. The van der Waals surface area contributed by atoms with Gasteiger partial charge in [0, 0.05) is 25.3 Å². The van der Waals surface area contributed by atoms with Crippen molar-refractivity contribution in [2.24, 2.45) is 0 Å². The molecular weight excluding hydrogens is 372 g/mol. The van der Waals surface area contributed by atoms with Crippen LogP contribution >= 0.6 is 0 Å². The van der Waals surface area contributed by atoms with Crippen molar-refractivity contribution in [1.82, 2.24) is 15.5 Å². The van der Waals surface area contributed by atoms with Gasteiger partial charge in [-0.1, -0.05) is 24.3 Å². The number of ether oxygens (including phenoxy) is 1. The second-order valence-corrected chi connectivity index (χ2v) is 6.69. The van der Waals surface area contributed by atoms with E-state index in [0.29, 0.717) is 25.3 Å². The summed E-state index contributed by atoms with van der Waals surface area (Å²) in [5.74, 6) is 0.544. The number of hydrogen-bond donors (Lipinski definition) is 3. The highest BCUT2D eigenvalue weighted by Gasteiger charge is 2.20. The highest BCUT2D eigenvalue weighted by atomic mass is 16.5. The minimum atomic E-state index is -0.316. The number of anilines is 1. The van der Waals surface area contributed by atoms with E-state index in [9.17, 15) is 14.4 Å². The molecule has 0 saturated carbocycles. The predicted molar refractivity (Wildman–Crippen MR) is 109 cm³/mol. The van der Waals surface area contributed by atoms with Gasteiger partial charge in [0.25, 0.3) is 0 Å². The Morgan fingerprint density at radius 1 is 1.07 bits per heavy atom. The second-order valence-electron chi connectivity index (χ2n) is 6.69. The first-order valence-corrected chi connectivity index (χ1v) is 9.34. The van der Waals surface area contributed by atoms with Gasteiger partial charge in [0.05, 0.1) is 20.1 Å². The zero-order valence-electron chi connectivity index (χ0n) is 16.2. The maximum absolute atomic E-state index is 12.3. The summed E-state index contributed by atoms with van der Waals surface area (Å²) in [5, 5.41) is 8.25. The number of benzene rings is 2.